The highest BCUT2D eigenvalue weighted by Crippen LogP contribution is 1.67. The Balaban J connectivity index is 2.40. The fraction of sp³-hybridized carbons (Fsp3) is 0.333. The molecule has 0 bridgehead atoms. The van der Waals surface area contributed by atoms with E-state index in [1.165, 1.54) is 0 Å². The van der Waals surface area contributed by atoms with Crippen LogP contribution in [0.5, 0.6) is 0 Å². The predicted molar refractivity (Wildman–Crippen MR) is 15.9 cm³/mol. The van der Waals surface area contributed by atoms with E-state index < -0.39 is 6.86 Å². The van der Waals surface area contributed by atoms with Crippen LogP contribution in [0, 0.1) is 6.26 Å². The van der Waals surface area contributed by atoms with E-state index in [0.717, 1.165) is 0 Å². The van der Waals surface area contributed by atoms with Gasteiger partial charge in [0.2, 0.25) is 6.86 Å². The Labute approximate surface area is 30.1 Å². The van der Waals surface area contributed by atoms with Crippen molar-refractivity contribution in [3.05, 3.63) is 12.8 Å². The lowest BCUT2D eigenvalue weighted by Gasteiger charge is -1.79. The molecule has 0 saturated heterocycles. The van der Waals surface area contributed by atoms with Gasteiger partial charge in [-0.1, -0.05) is 6.58 Å². The summed E-state index contributed by atoms with van der Waals surface area (Å²) in [5.74, 6) is 0. The van der Waals surface area contributed by atoms with Crippen LogP contribution in [0.4, 0.5) is 4.39 Å². The number of ether oxygens (including phenoxy) is 1. The Bertz CT molecular complexity index is 28.1. The van der Waals surface area contributed by atoms with E-state index in [4.69, 9.17) is 0 Å². The maximum atomic E-state index is 10.7. The third-order valence-corrected chi connectivity index (χ3v) is 0.157. The molecule has 0 fully saturated rings. The third-order valence-electron chi connectivity index (χ3n) is 0.157. The number of hydrogen-bond donors (Lipinski definition) is 0. The molecule has 0 saturated carbocycles. The molecule has 0 aromatic rings. The summed E-state index contributed by atoms with van der Waals surface area (Å²) in [6, 6.07) is 0. The smallest absolute Gasteiger partial charge is 0.228 e. The SMILES string of the molecule is C=[C]OCF. The highest BCUT2D eigenvalue weighted by Gasteiger charge is 1.61. The average molecular weight is 75.1 g/mol. The molecule has 2 heteroatoms. The Hall–Kier alpha value is -0.530. The molecule has 0 heterocycles. The van der Waals surface area contributed by atoms with E-state index in [1.54, 1.807) is 0 Å². The minimum absolute atomic E-state index is 0.830. The summed E-state index contributed by atoms with van der Waals surface area (Å²) in [5.41, 5.74) is 0. The Morgan fingerprint density at radius 1 is 2.00 bits per heavy atom. The second kappa shape index (κ2) is 3.47. The summed E-state index contributed by atoms with van der Waals surface area (Å²) in [4.78, 5) is 0. The van der Waals surface area contributed by atoms with Crippen molar-refractivity contribution in [2.45, 2.75) is 0 Å². The van der Waals surface area contributed by atoms with Crippen molar-refractivity contribution in [3.63, 3.8) is 0 Å². The van der Waals surface area contributed by atoms with Gasteiger partial charge in [-0.25, -0.2) is 4.39 Å². The van der Waals surface area contributed by atoms with Crippen molar-refractivity contribution in [1.82, 2.24) is 0 Å². The first-order valence-corrected chi connectivity index (χ1v) is 1.11. The van der Waals surface area contributed by atoms with Crippen LogP contribution in [-0.2, 0) is 4.74 Å². The lowest BCUT2D eigenvalue weighted by atomic mass is 11.1. The monoisotopic (exact) mass is 75.0 g/mol. The molecule has 0 aliphatic heterocycles. The first-order chi connectivity index (χ1) is 2.41. The Kier molecular flexibility index (Phi) is 3.10. The molecule has 0 rings (SSSR count). The topological polar surface area (TPSA) is 9.23 Å². The van der Waals surface area contributed by atoms with E-state index in [1.807, 2.05) is 6.26 Å². The molecule has 0 aromatic carbocycles. The van der Waals surface area contributed by atoms with E-state index >= 15 is 0 Å². The van der Waals surface area contributed by atoms with Gasteiger partial charge < -0.3 is 4.74 Å². The molecular formula is C3H4FO. The Morgan fingerprint density at radius 2 is 2.60 bits per heavy atom. The zero-order valence-electron chi connectivity index (χ0n) is 2.70. The summed E-state index contributed by atoms with van der Waals surface area (Å²) in [7, 11) is 0. The van der Waals surface area contributed by atoms with Gasteiger partial charge in [-0.05, 0) is 0 Å². The molecule has 0 atom stereocenters. The van der Waals surface area contributed by atoms with Crippen LogP contribution in [0.3, 0.4) is 0 Å². The Morgan fingerprint density at radius 3 is 2.60 bits per heavy atom. The highest BCUT2D eigenvalue weighted by molar-refractivity contribution is 4.30. The molecule has 1 nitrogen and oxygen atoms in total. The van der Waals surface area contributed by atoms with Gasteiger partial charge in [0, 0.05) is 0 Å². The van der Waals surface area contributed by atoms with Crippen LogP contribution in [0.2, 0.25) is 0 Å². The number of halogens is 1. The summed E-state index contributed by atoms with van der Waals surface area (Å²) < 4.78 is 14.5. The molecule has 0 aromatic heterocycles. The second-order valence-electron chi connectivity index (χ2n) is 0.398. The van der Waals surface area contributed by atoms with Gasteiger partial charge in [0.1, 0.15) is 0 Å². The van der Waals surface area contributed by atoms with Gasteiger partial charge in [-0.15, -0.1) is 0 Å². The molecule has 0 aliphatic rings. The van der Waals surface area contributed by atoms with E-state index in [-0.39, 0.29) is 0 Å². The average Bonchev–Trinajstić information content (AvgIpc) is 1.41. The summed E-state index contributed by atoms with van der Waals surface area (Å²) >= 11 is 0. The van der Waals surface area contributed by atoms with Crippen LogP contribution >= 0.6 is 0 Å². The molecule has 5 heavy (non-hydrogen) atoms. The fourth-order valence-corrected chi connectivity index (χ4v) is 0.0386. The summed E-state index contributed by atoms with van der Waals surface area (Å²) in [6.45, 7) is 2.13. The number of alkyl halides is 1. The first-order valence-electron chi connectivity index (χ1n) is 1.11. The van der Waals surface area contributed by atoms with Gasteiger partial charge in [-0.3, -0.25) is 0 Å². The van der Waals surface area contributed by atoms with Gasteiger partial charge in [0.25, 0.3) is 0 Å². The van der Waals surface area contributed by atoms with Crippen LogP contribution in [0.25, 0.3) is 0 Å². The zero-order valence-corrected chi connectivity index (χ0v) is 2.70. The van der Waals surface area contributed by atoms with Gasteiger partial charge in [0.15, 0.2) is 6.26 Å². The molecule has 29 valence electrons. The molecule has 0 amide bonds. The van der Waals surface area contributed by atoms with Crippen LogP contribution in [-0.4, -0.2) is 6.86 Å². The maximum absolute atomic E-state index is 10.7. The minimum Gasteiger partial charge on any atom is -0.460 e. The van der Waals surface area contributed by atoms with Crippen LogP contribution in [0.15, 0.2) is 6.58 Å². The van der Waals surface area contributed by atoms with Crippen molar-refractivity contribution >= 4 is 0 Å². The van der Waals surface area contributed by atoms with E-state index in [0.29, 0.717) is 0 Å². The largest absolute Gasteiger partial charge is 0.460 e. The van der Waals surface area contributed by atoms with Crippen LogP contribution < -0.4 is 0 Å². The molecule has 0 unspecified atom stereocenters. The molecular weight excluding hydrogens is 71.0 g/mol. The lowest BCUT2D eigenvalue weighted by molar-refractivity contribution is 0.127. The summed E-state index contributed by atoms with van der Waals surface area (Å²) in [5, 5.41) is 0. The fourth-order valence-electron chi connectivity index (χ4n) is 0.0386. The number of hydrogen-bond acceptors (Lipinski definition) is 1. The van der Waals surface area contributed by atoms with Crippen molar-refractivity contribution in [2.24, 2.45) is 0 Å². The minimum atomic E-state index is -0.830. The zero-order chi connectivity index (χ0) is 4.12. The van der Waals surface area contributed by atoms with Crippen molar-refractivity contribution < 1.29 is 9.13 Å². The van der Waals surface area contributed by atoms with Crippen molar-refractivity contribution in [1.29, 1.82) is 0 Å². The molecule has 0 spiro atoms. The highest BCUT2D eigenvalue weighted by atomic mass is 19.1. The molecule has 0 aliphatic carbocycles. The van der Waals surface area contributed by atoms with E-state index in [9.17, 15) is 4.39 Å². The number of rotatable bonds is 2. The predicted octanol–water partition coefficient (Wildman–Crippen LogP) is 0.877. The van der Waals surface area contributed by atoms with Crippen LogP contribution in [0.1, 0.15) is 0 Å². The van der Waals surface area contributed by atoms with Crippen molar-refractivity contribution in [3.8, 4) is 0 Å². The third kappa shape index (κ3) is 3.47. The standard InChI is InChI=1S/C3H4FO/c1-2-5-3-4/h1,3H2. The van der Waals surface area contributed by atoms with Gasteiger partial charge in [-0.2, -0.15) is 0 Å². The molecule has 1 radical (unpaired) electrons. The van der Waals surface area contributed by atoms with Gasteiger partial charge >= 0.3 is 0 Å². The summed E-state index contributed by atoms with van der Waals surface area (Å²) in [6.07, 6.45) is 1.89. The molecule has 0 N–H and O–H groups in total. The lowest BCUT2D eigenvalue weighted by Crippen LogP contribution is -1.70. The van der Waals surface area contributed by atoms with E-state index in [2.05, 4.69) is 11.3 Å². The quantitative estimate of drug-likeness (QED) is 0.442. The first kappa shape index (κ1) is 4.47. The van der Waals surface area contributed by atoms with Crippen molar-refractivity contribution in [2.75, 3.05) is 6.86 Å². The normalized spacial score (nSPS) is 6.60. The maximum Gasteiger partial charge on any atom is 0.228 e. The second-order valence-corrected chi connectivity index (χ2v) is 0.398. The van der Waals surface area contributed by atoms with Gasteiger partial charge in [0.05, 0.1) is 0 Å².